The van der Waals surface area contributed by atoms with Crippen molar-refractivity contribution in [2.75, 3.05) is 6.61 Å². The molecule has 0 aromatic heterocycles. The average molecular weight is 377 g/mol. The summed E-state index contributed by atoms with van der Waals surface area (Å²) < 4.78 is 38.2. The predicted octanol–water partition coefficient (Wildman–Crippen LogP) is 3.08. The van der Waals surface area contributed by atoms with Gasteiger partial charge in [0.2, 0.25) is 0 Å². The zero-order valence-electron chi connectivity index (χ0n) is 13.7. The van der Waals surface area contributed by atoms with Crippen LogP contribution >= 0.6 is 0 Å². The molecule has 2 aromatic rings. The minimum absolute atomic E-state index is 0.0459. The van der Waals surface area contributed by atoms with E-state index in [1.54, 1.807) is 6.92 Å². The molecular formula is C17H15NO7S. The number of non-ortho nitro benzene ring substituents is 1. The van der Waals surface area contributed by atoms with Crippen LogP contribution in [0.25, 0.3) is 17.2 Å². The first-order valence-corrected chi connectivity index (χ1v) is 8.88. The second kappa shape index (κ2) is 7.89. The van der Waals surface area contributed by atoms with E-state index in [4.69, 9.17) is 4.74 Å². The van der Waals surface area contributed by atoms with Crippen molar-refractivity contribution in [3.05, 3.63) is 64.2 Å². The fraction of sp³-hybridized carbons (Fsp3) is 0.118. The highest BCUT2D eigenvalue weighted by atomic mass is 32.2. The summed E-state index contributed by atoms with van der Waals surface area (Å²) in [5.74, 6) is -0.672. The van der Waals surface area contributed by atoms with Crippen molar-refractivity contribution in [2.45, 2.75) is 11.8 Å². The van der Waals surface area contributed by atoms with Crippen LogP contribution in [0, 0.1) is 10.1 Å². The molecule has 9 heteroatoms. The molecular weight excluding hydrogens is 362 g/mol. The van der Waals surface area contributed by atoms with Gasteiger partial charge in [-0.25, -0.2) is 4.79 Å². The van der Waals surface area contributed by atoms with Crippen LogP contribution in [0.4, 0.5) is 5.69 Å². The Bertz CT molecular complexity index is 980. The Morgan fingerprint density at radius 1 is 1.27 bits per heavy atom. The molecule has 0 heterocycles. The van der Waals surface area contributed by atoms with Gasteiger partial charge in [-0.3, -0.25) is 14.7 Å². The van der Waals surface area contributed by atoms with E-state index in [2.05, 4.69) is 0 Å². The number of carbonyl (C=O) groups excluding carboxylic acids is 1. The van der Waals surface area contributed by atoms with Crippen LogP contribution in [-0.4, -0.2) is 30.5 Å². The largest absolute Gasteiger partial charge is 0.463 e. The lowest BCUT2D eigenvalue weighted by atomic mass is 10.0. The van der Waals surface area contributed by atoms with Crippen molar-refractivity contribution in [2.24, 2.45) is 0 Å². The zero-order chi connectivity index (χ0) is 19.3. The fourth-order valence-electron chi connectivity index (χ4n) is 2.34. The Balaban J connectivity index is 2.65. The number of esters is 1. The second-order valence-corrected chi connectivity index (χ2v) is 6.45. The fourth-order valence-corrected chi connectivity index (χ4v) is 3.23. The topological polar surface area (TPSA) is 124 Å². The van der Waals surface area contributed by atoms with Gasteiger partial charge in [0.1, 0.15) is 4.90 Å². The van der Waals surface area contributed by atoms with Crippen LogP contribution < -0.4 is 0 Å². The summed E-state index contributed by atoms with van der Waals surface area (Å²) in [6.07, 6.45) is 2.23. The van der Waals surface area contributed by atoms with E-state index in [1.165, 1.54) is 48.5 Å². The summed E-state index contributed by atoms with van der Waals surface area (Å²) >= 11 is 0. The van der Waals surface area contributed by atoms with Gasteiger partial charge in [0, 0.05) is 23.8 Å². The number of nitro groups is 1. The van der Waals surface area contributed by atoms with E-state index in [0.717, 1.165) is 6.08 Å². The Labute approximate surface area is 149 Å². The van der Waals surface area contributed by atoms with E-state index >= 15 is 0 Å². The average Bonchev–Trinajstić information content (AvgIpc) is 2.59. The monoisotopic (exact) mass is 377 g/mol. The summed E-state index contributed by atoms with van der Waals surface area (Å²) in [6.45, 7) is 1.78. The summed E-state index contributed by atoms with van der Waals surface area (Å²) in [7, 11) is -4.68. The number of carbonyl (C=O) groups is 1. The van der Waals surface area contributed by atoms with E-state index in [1.807, 2.05) is 0 Å². The minimum Gasteiger partial charge on any atom is -0.463 e. The standard InChI is InChI=1S/C17H15NO7S/c1-2-25-16(19)10-9-12-5-4-8-15(17(12)26(22,23)24)13-6-3-7-14(11-13)18(20)21/h3-11H,2H2,1H3,(H,22,23,24)/b10-9+. The molecule has 2 rings (SSSR count). The second-order valence-electron chi connectivity index (χ2n) is 5.09. The van der Waals surface area contributed by atoms with Crippen molar-refractivity contribution >= 4 is 27.9 Å². The molecule has 0 atom stereocenters. The predicted molar refractivity (Wildman–Crippen MR) is 94.0 cm³/mol. The van der Waals surface area contributed by atoms with Crippen LogP contribution in [-0.2, 0) is 19.6 Å². The number of nitrogens with zero attached hydrogens (tertiary/aromatic N) is 1. The van der Waals surface area contributed by atoms with Gasteiger partial charge in [-0.05, 0) is 24.1 Å². The maximum atomic E-state index is 11.9. The quantitative estimate of drug-likeness (QED) is 0.270. The van der Waals surface area contributed by atoms with E-state index < -0.39 is 25.9 Å². The third-order valence-corrected chi connectivity index (χ3v) is 4.33. The molecule has 0 unspecified atom stereocenters. The third kappa shape index (κ3) is 4.52. The number of benzene rings is 2. The lowest BCUT2D eigenvalue weighted by Crippen LogP contribution is -2.04. The smallest absolute Gasteiger partial charge is 0.330 e. The molecule has 26 heavy (non-hydrogen) atoms. The molecule has 1 N–H and O–H groups in total. The van der Waals surface area contributed by atoms with Crippen LogP contribution in [0.1, 0.15) is 12.5 Å². The Hall–Kier alpha value is -3.04. The molecule has 0 radical (unpaired) electrons. The van der Waals surface area contributed by atoms with E-state index in [-0.39, 0.29) is 29.0 Å². The van der Waals surface area contributed by atoms with Gasteiger partial charge in [0.05, 0.1) is 11.5 Å². The van der Waals surface area contributed by atoms with Crippen LogP contribution in [0.15, 0.2) is 53.4 Å². The van der Waals surface area contributed by atoms with Gasteiger partial charge in [0.25, 0.3) is 15.8 Å². The van der Waals surface area contributed by atoms with Gasteiger partial charge in [-0.1, -0.05) is 30.3 Å². The maximum absolute atomic E-state index is 11.9. The summed E-state index contributed by atoms with van der Waals surface area (Å²) in [4.78, 5) is 21.3. The molecule has 0 amide bonds. The molecule has 0 saturated heterocycles. The van der Waals surface area contributed by atoms with Crippen LogP contribution in [0.5, 0.6) is 0 Å². The Kier molecular flexibility index (Phi) is 5.86. The highest BCUT2D eigenvalue weighted by Gasteiger charge is 2.21. The molecule has 0 aliphatic carbocycles. The first kappa shape index (κ1) is 19.3. The number of nitro benzene ring substituents is 1. The van der Waals surface area contributed by atoms with E-state index in [0.29, 0.717) is 0 Å². The van der Waals surface area contributed by atoms with Gasteiger partial charge in [0.15, 0.2) is 0 Å². The Morgan fingerprint density at radius 2 is 1.96 bits per heavy atom. The first-order chi connectivity index (χ1) is 12.2. The van der Waals surface area contributed by atoms with Crippen molar-refractivity contribution in [1.82, 2.24) is 0 Å². The summed E-state index contributed by atoms with van der Waals surface area (Å²) in [6, 6.07) is 9.65. The van der Waals surface area contributed by atoms with Crippen molar-refractivity contribution in [3.8, 4) is 11.1 Å². The maximum Gasteiger partial charge on any atom is 0.330 e. The lowest BCUT2D eigenvalue weighted by molar-refractivity contribution is -0.384. The normalized spacial score (nSPS) is 11.5. The van der Waals surface area contributed by atoms with Crippen LogP contribution in [0.2, 0.25) is 0 Å². The summed E-state index contributed by atoms with van der Waals surface area (Å²) in [5.41, 5.74) is 0.126. The van der Waals surface area contributed by atoms with Crippen LogP contribution in [0.3, 0.4) is 0 Å². The third-order valence-electron chi connectivity index (χ3n) is 3.36. The molecule has 0 bridgehead atoms. The number of hydrogen-bond donors (Lipinski definition) is 1. The van der Waals surface area contributed by atoms with Gasteiger partial charge < -0.3 is 4.74 Å². The Morgan fingerprint density at radius 3 is 2.58 bits per heavy atom. The first-order valence-electron chi connectivity index (χ1n) is 7.44. The molecule has 0 spiro atoms. The van der Waals surface area contributed by atoms with Crippen molar-refractivity contribution in [3.63, 3.8) is 0 Å². The molecule has 136 valence electrons. The van der Waals surface area contributed by atoms with Gasteiger partial charge in [-0.2, -0.15) is 8.42 Å². The van der Waals surface area contributed by atoms with E-state index in [9.17, 15) is 27.9 Å². The van der Waals surface area contributed by atoms with Crippen molar-refractivity contribution < 1.29 is 27.4 Å². The summed E-state index contributed by atoms with van der Waals surface area (Å²) in [5, 5.41) is 10.9. The number of rotatable bonds is 6. The highest BCUT2D eigenvalue weighted by molar-refractivity contribution is 7.86. The molecule has 0 aliphatic heterocycles. The molecule has 0 fully saturated rings. The molecule has 0 saturated carbocycles. The van der Waals surface area contributed by atoms with Crippen molar-refractivity contribution in [1.29, 1.82) is 0 Å². The zero-order valence-corrected chi connectivity index (χ0v) is 14.5. The van der Waals surface area contributed by atoms with Gasteiger partial charge in [-0.15, -0.1) is 0 Å². The molecule has 8 nitrogen and oxygen atoms in total. The number of ether oxygens (including phenoxy) is 1. The minimum atomic E-state index is -4.68. The molecule has 2 aromatic carbocycles. The number of hydrogen-bond acceptors (Lipinski definition) is 6. The SMILES string of the molecule is CCOC(=O)/C=C/c1cccc(-c2cccc([N+](=O)[O-])c2)c1S(=O)(=O)O. The highest BCUT2D eigenvalue weighted by Crippen LogP contribution is 2.32. The molecule has 0 aliphatic rings. The van der Waals surface area contributed by atoms with Gasteiger partial charge >= 0.3 is 5.97 Å². The lowest BCUT2D eigenvalue weighted by Gasteiger charge is -2.10.